The Balaban J connectivity index is 1.36. The highest BCUT2D eigenvalue weighted by Crippen LogP contribution is 2.36. The highest BCUT2D eigenvalue weighted by Gasteiger charge is 2.25. The van der Waals surface area contributed by atoms with Crippen LogP contribution in [-0.4, -0.2) is 68.8 Å². The molecule has 2 aromatic carbocycles. The number of urea groups is 1. The molecule has 0 unspecified atom stereocenters. The molecule has 2 aromatic rings. The predicted molar refractivity (Wildman–Crippen MR) is 141 cm³/mol. The van der Waals surface area contributed by atoms with E-state index in [1.165, 1.54) is 12.0 Å². The van der Waals surface area contributed by atoms with Gasteiger partial charge in [0.1, 0.15) is 5.75 Å². The van der Waals surface area contributed by atoms with Crippen LogP contribution in [0.1, 0.15) is 37.7 Å². The summed E-state index contributed by atoms with van der Waals surface area (Å²) < 4.78 is 5.66. The molecule has 8 heteroatoms. The molecule has 0 atom stereocenters. The van der Waals surface area contributed by atoms with E-state index in [2.05, 4.69) is 28.1 Å². The fraction of sp³-hybridized carbons (Fsp3) is 0.500. The lowest BCUT2D eigenvalue weighted by atomic mass is 9.88. The van der Waals surface area contributed by atoms with E-state index >= 15 is 0 Å². The Bertz CT molecular complexity index is 987. The maximum Gasteiger partial charge on any atom is 0.321 e. The Morgan fingerprint density at radius 1 is 1.00 bits per heavy atom. The number of carbonyl (C=O) groups is 1. The number of hydrogen-bond donors (Lipinski definition) is 1. The zero-order chi connectivity index (χ0) is 24.1. The summed E-state index contributed by atoms with van der Waals surface area (Å²) in [5.74, 6) is 1.36. The Kier molecular flexibility index (Phi) is 8.46. The van der Waals surface area contributed by atoms with E-state index in [0.29, 0.717) is 29.1 Å². The van der Waals surface area contributed by atoms with Crippen molar-refractivity contribution in [3.05, 3.63) is 52.0 Å². The number of amides is 2. The van der Waals surface area contributed by atoms with Gasteiger partial charge in [-0.05, 0) is 86.8 Å². The highest BCUT2D eigenvalue weighted by atomic mass is 35.5. The summed E-state index contributed by atoms with van der Waals surface area (Å²) in [6.07, 6.45) is 3.42. The van der Waals surface area contributed by atoms with Crippen LogP contribution in [0.3, 0.4) is 0 Å². The summed E-state index contributed by atoms with van der Waals surface area (Å²) >= 11 is 12.2. The minimum absolute atomic E-state index is 0.0670. The van der Waals surface area contributed by atoms with Gasteiger partial charge in [0.15, 0.2) is 0 Å². The average molecular weight is 505 g/mol. The number of nitrogens with zero attached hydrogens (tertiary/aromatic N) is 3. The van der Waals surface area contributed by atoms with Crippen molar-refractivity contribution in [1.29, 1.82) is 0 Å². The molecule has 0 bridgehead atoms. The number of carbonyl (C=O) groups excluding carboxylic acids is 1. The van der Waals surface area contributed by atoms with Gasteiger partial charge in [-0.2, -0.15) is 0 Å². The molecule has 34 heavy (non-hydrogen) atoms. The lowest BCUT2D eigenvalue weighted by molar-refractivity contribution is 0.208. The second-order valence-electron chi connectivity index (χ2n) is 9.08. The van der Waals surface area contributed by atoms with E-state index in [0.717, 1.165) is 62.7 Å². The molecule has 2 heterocycles. The van der Waals surface area contributed by atoms with E-state index in [9.17, 15) is 4.79 Å². The molecule has 2 fully saturated rings. The molecule has 0 aromatic heterocycles. The summed E-state index contributed by atoms with van der Waals surface area (Å²) in [6.45, 7) is 8.40. The predicted octanol–water partition coefficient (Wildman–Crippen LogP) is 5.95. The molecule has 2 aliphatic rings. The molecule has 6 nitrogen and oxygen atoms in total. The molecule has 0 saturated carbocycles. The summed E-state index contributed by atoms with van der Waals surface area (Å²) in [5.41, 5.74) is 3.05. The molecular weight excluding hydrogens is 471 g/mol. The lowest BCUT2D eigenvalue weighted by Gasteiger charge is -2.36. The van der Waals surface area contributed by atoms with Crippen LogP contribution in [0.4, 0.5) is 16.2 Å². The molecule has 1 N–H and O–H groups in total. The van der Waals surface area contributed by atoms with Gasteiger partial charge in [0.25, 0.3) is 0 Å². The van der Waals surface area contributed by atoms with Crippen molar-refractivity contribution < 1.29 is 9.53 Å². The van der Waals surface area contributed by atoms with Gasteiger partial charge in [-0.3, -0.25) is 0 Å². The van der Waals surface area contributed by atoms with Gasteiger partial charge in [-0.15, -0.1) is 0 Å². The minimum Gasteiger partial charge on any atom is -0.496 e. The Morgan fingerprint density at radius 2 is 1.74 bits per heavy atom. The molecule has 0 radical (unpaired) electrons. The van der Waals surface area contributed by atoms with Gasteiger partial charge < -0.3 is 24.8 Å². The Hall–Kier alpha value is -2.15. The number of piperazine rings is 1. The Labute approximate surface area is 212 Å². The van der Waals surface area contributed by atoms with Crippen LogP contribution in [0.15, 0.2) is 36.4 Å². The normalized spacial score (nSPS) is 17.6. The summed E-state index contributed by atoms with van der Waals surface area (Å²) in [7, 11) is 1.72. The molecule has 2 amide bonds. The second kappa shape index (κ2) is 11.5. The fourth-order valence-corrected chi connectivity index (χ4v) is 5.26. The van der Waals surface area contributed by atoms with Crippen LogP contribution in [-0.2, 0) is 0 Å². The zero-order valence-electron chi connectivity index (χ0n) is 20.0. The molecule has 184 valence electrons. The van der Waals surface area contributed by atoms with Crippen molar-refractivity contribution in [3.8, 4) is 5.75 Å². The van der Waals surface area contributed by atoms with Crippen LogP contribution in [0.5, 0.6) is 5.75 Å². The topological polar surface area (TPSA) is 48.1 Å². The summed E-state index contributed by atoms with van der Waals surface area (Å²) in [6, 6.07) is 11.6. The quantitative estimate of drug-likeness (QED) is 0.528. The first-order valence-corrected chi connectivity index (χ1v) is 12.9. The maximum absolute atomic E-state index is 13.0. The minimum atomic E-state index is -0.0670. The molecule has 0 aliphatic carbocycles. The fourth-order valence-electron chi connectivity index (χ4n) is 4.97. The molecule has 2 aliphatic heterocycles. The summed E-state index contributed by atoms with van der Waals surface area (Å²) in [4.78, 5) is 19.6. The zero-order valence-corrected chi connectivity index (χ0v) is 21.5. The van der Waals surface area contributed by atoms with Crippen molar-refractivity contribution in [3.63, 3.8) is 0 Å². The first-order valence-electron chi connectivity index (χ1n) is 12.1. The molecule has 4 rings (SSSR count). The van der Waals surface area contributed by atoms with E-state index < -0.39 is 0 Å². The number of hydrogen-bond acceptors (Lipinski definition) is 4. The number of rotatable bonds is 6. The highest BCUT2D eigenvalue weighted by molar-refractivity contribution is 6.42. The molecular formula is C26H34Cl2N4O2. The van der Waals surface area contributed by atoms with Crippen LogP contribution >= 0.6 is 23.2 Å². The first kappa shape index (κ1) is 25.0. The summed E-state index contributed by atoms with van der Waals surface area (Å²) in [5, 5.41) is 4.20. The van der Waals surface area contributed by atoms with Gasteiger partial charge in [-0.1, -0.05) is 30.1 Å². The maximum atomic E-state index is 13.0. The standard InChI is InChI=1S/C26H34Cl2N4O2/c1-3-10-30-11-8-19(9-12-30)22-17-20(4-7-25(22)34-2)29-26(33)32-15-13-31(14-16-32)21-5-6-23(27)24(28)18-21/h4-7,17-19H,3,8-16H2,1-2H3,(H,29,33). The van der Waals surface area contributed by atoms with Crippen LogP contribution in [0.25, 0.3) is 0 Å². The SMILES string of the molecule is CCCN1CCC(c2cc(NC(=O)N3CCN(c4ccc(Cl)c(Cl)c4)CC3)ccc2OC)CC1. The number of nitrogens with one attached hydrogen (secondary N) is 1. The van der Waals surface area contributed by atoms with Gasteiger partial charge in [0.2, 0.25) is 0 Å². The third kappa shape index (κ3) is 5.91. The third-order valence-corrected chi connectivity index (χ3v) is 7.62. The average Bonchev–Trinajstić information content (AvgIpc) is 2.86. The molecule has 2 saturated heterocycles. The number of piperidine rings is 1. The largest absolute Gasteiger partial charge is 0.496 e. The van der Waals surface area contributed by atoms with Crippen molar-refractivity contribution in [2.24, 2.45) is 0 Å². The second-order valence-corrected chi connectivity index (χ2v) is 9.89. The van der Waals surface area contributed by atoms with E-state index in [-0.39, 0.29) is 6.03 Å². The number of methoxy groups -OCH3 is 1. The number of benzene rings is 2. The third-order valence-electron chi connectivity index (χ3n) is 6.88. The Morgan fingerprint density at radius 3 is 2.38 bits per heavy atom. The number of anilines is 2. The van der Waals surface area contributed by atoms with Crippen molar-refractivity contribution in [1.82, 2.24) is 9.80 Å². The van der Waals surface area contributed by atoms with Crippen LogP contribution in [0, 0.1) is 0 Å². The molecule has 0 spiro atoms. The van der Waals surface area contributed by atoms with E-state index in [1.54, 1.807) is 7.11 Å². The van der Waals surface area contributed by atoms with Crippen molar-refractivity contribution in [2.75, 3.05) is 63.1 Å². The first-order chi connectivity index (χ1) is 16.5. The monoisotopic (exact) mass is 504 g/mol. The lowest BCUT2D eigenvalue weighted by Crippen LogP contribution is -2.50. The van der Waals surface area contributed by atoms with Crippen molar-refractivity contribution >= 4 is 40.6 Å². The number of halogens is 2. The van der Waals surface area contributed by atoms with E-state index in [1.807, 2.05) is 35.2 Å². The number of likely N-dealkylation sites (tertiary alicyclic amines) is 1. The van der Waals surface area contributed by atoms with E-state index in [4.69, 9.17) is 27.9 Å². The van der Waals surface area contributed by atoms with Crippen LogP contribution < -0.4 is 15.0 Å². The van der Waals surface area contributed by atoms with Crippen LogP contribution in [0.2, 0.25) is 10.0 Å². The van der Waals surface area contributed by atoms with Gasteiger partial charge >= 0.3 is 6.03 Å². The van der Waals surface area contributed by atoms with Gasteiger partial charge in [0, 0.05) is 37.6 Å². The van der Waals surface area contributed by atoms with Crippen molar-refractivity contribution in [2.45, 2.75) is 32.1 Å². The van der Waals surface area contributed by atoms with Gasteiger partial charge in [-0.25, -0.2) is 4.79 Å². The van der Waals surface area contributed by atoms with Gasteiger partial charge in [0.05, 0.1) is 17.2 Å². The smallest absolute Gasteiger partial charge is 0.321 e. The number of ether oxygens (including phenoxy) is 1.